The van der Waals surface area contributed by atoms with Gasteiger partial charge in [0.1, 0.15) is 0 Å². The molecule has 0 aromatic heterocycles. The van der Waals surface area contributed by atoms with E-state index in [1.165, 1.54) is 6.34 Å². The van der Waals surface area contributed by atoms with Crippen LogP contribution >= 0.6 is 0 Å². The van der Waals surface area contributed by atoms with E-state index in [4.69, 9.17) is 5.41 Å². The van der Waals surface area contributed by atoms with E-state index in [9.17, 15) is 0 Å². The lowest BCUT2D eigenvalue weighted by Gasteiger charge is -2.34. The van der Waals surface area contributed by atoms with Crippen molar-refractivity contribution < 1.29 is 0 Å². The fourth-order valence-corrected chi connectivity index (χ4v) is 0.715. The van der Waals surface area contributed by atoms with Gasteiger partial charge in [-0.1, -0.05) is 0 Å². The second-order valence-corrected chi connectivity index (χ2v) is 1.95. The van der Waals surface area contributed by atoms with Crippen molar-refractivity contribution in [3.05, 3.63) is 6.92 Å². The number of nitrogens with zero attached hydrogens (tertiary/aromatic N) is 1. The van der Waals surface area contributed by atoms with Crippen molar-refractivity contribution >= 4 is 6.34 Å². The first-order valence-electron chi connectivity index (χ1n) is 2.40. The minimum atomic E-state index is 0.571. The zero-order chi connectivity index (χ0) is 5.28. The van der Waals surface area contributed by atoms with Gasteiger partial charge in [-0.25, -0.2) is 0 Å². The summed E-state index contributed by atoms with van der Waals surface area (Å²) >= 11 is 0. The zero-order valence-electron chi connectivity index (χ0n) is 4.22. The van der Waals surface area contributed by atoms with Crippen molar-refractivity contribution in [1.29, 1.82) is 5.41 Å². The summed E-state index contributed by atoms with van der Waals surface area (Å²) in [7, 11) is 0. The van der Waals surface area contributed by atoms with Crippen LogP contribution in [0.1, 0.15) is 0 Å². The topological polar surface area (TPSA) is 27.1 Å². The molecule has 1 radical (unpaired) electrons. The third-order valence-corrected chi connectivity index (χ3v) is 1.17. The Labute approximate surface area is 43.6 Å². The van der Waals surface area contributed by atoms with Crippen LogP contribution in [0.5, 0.6) is 0 Å². The largest absolute Gasteiger partial charge is 0.362 e. The minimum absolute atomic E-state index is 0.571. The molecular weight excluding hydrogens is 88.1 g/mol. The molecule has 0 atom stereocenters. The van der Waals surface area contributed by atoms with E-state index in [1.54, 1.807) is 0 Å². The molecule has 1 rings (SSSR count). The third kappa shape index (κ3) is 0.734. The Kier molecular flexibility index (Phi) is 1.01. The first-order valence-corrected chi connectivity index (χ1v) is 2.40. The average molecular weight is 97.1 g/mol. The van der Waals surface area contributed by atoms with E-state index in [1.807, 2.05) is 4.90 Å². The first-order chi connectivity index (χ1) is 3.33. The summed E-state index contributed by atoms with van der Waals surface area (Å²) in [5, 5.41) is 6.72. The Morgan fingerprint density at radius 3 is 2.43 bits per heavy atom. The molecule has 7 heavy (non-hydrogen) atoms. The Morgan fingerprint density at radius 2 is 2.29 bits per heavy atom. The molecular formula is C5H9N2. The summed E-state index contributed by atoms with van der Waals surface area (Å²) in [6, 6.07) is 0. The molecule has 0 bridgehead atoms. The molecule has 39 valence electrons. The van der Waals surface area contributed by atoms with Crippen molar-refractivity contribution in [2.24, 2.45) is 5.92 Å². The van der Waals surface area contributed by atoms with E-state index in [-0.39, 0.29) is 0 Å². The van der Waals surface area contributed by atoms with Gasteiger partial charge >= 0.3 is 0 Å². The van der Waals surface area contributed by atoms with Crippen LogP contribution in [-0.2, 0) is 0 Å². The second-order valence-electron chi connectivity index (χ2n) is 1.95. The highest BCUT2D eigenvalue weighted by molar-refractivity contribution is 5.52. The molecule has 0 spiro atoms. The van der Waals surface area contributed by atoms with Gasteiger partial charge in [0.25, 0.3) is 0 Å². The Morgan fingerprint density at radius 1 is 1.71 bits per heavy atom. The van der Waals surface area contributed by atoms with Crippen molar-refractivity contribution in [2.75, 3.05) is 13.1 Å². The predicted molar refractivity (Wildman–Crippen MR) is 29.2 cm³/mol. The lowest BCUT2D eigenvalue weighted by molar-refractivity contribution is 0.235. The Balaban J connectivity index is 2.17. The smallest absolute Gasteiger partial charge is 0.0817 e. The maximum atomic E-state index is 6.72. The molecule has 0 amide bonds. The van der Waals surface area contributed by atoms with Gasteiger partial charge in [0.15, 0.2) is 0 Å². The van der Waals surface area contributed by atoms with Crippen molar-refractivity contribution in [1.82, 2.24) is 4.90 Å². The van der Waals surface area contributed by atoms with Gasteiger partial charge in [-0.3, -0.25) is 5.41 Å². The average Bonchev–Trinajstić information content (AvgIpc) is 1.58. The summed E-state index contributed by atoms with van der Waals surface area (Å²) in [5.74, 6) is 0.571. The first kappa shape index (κ1) is 4.62. The van der Waals surface area contributed by atoms with Gasteiger partial charge < -0.3 is 4.90 Å². The maximum Gasteiger partial charge on any atom is 0.0817 e. The van der Waals surface area contributed by atoms with E-state index < -0.39 is 0 Å². The van der Waals surface area contributed by atoms with Gasteiger partial charge in [-0.15, -0.1) is 0 Å². The van der Waals surface area contributed by atoms with E-state index in [0.717, 1.165) is 13.1 Å². The highest BCUT2D eigenvalue weighted by Gasteiger charge is 2.18. The number of likely N-dealkylation sites (tertiary alicyclic amines) is 1. The Bertz CT molecular complexity index is 74.1. The summed E-state index contributed by atoms with van der Waals surface area (Å²) in [5.41, 5.74) is 0. The number of hydrogen-bond donors (Lipinski definition) is 1. The van der Waals surface area contributed by atoms with Crippen LogP contribution in [0.15, 0.2) is 0 Å². The molecule has 2 nitrogen and oxygen atoms in total. The zero-order valence-corrected chi connectivity index (χ0v) is 4.22. The summed E-state index contributed by atoms with van der Waals surface area (Å²) in [6.45, 7) is 5.75. The lowest BCUT2D eigenvalue weighted by atomic mass is 10.0. The molecule has 2 heteroatoms. The highest BCUT2D eigenvalue weighted by Crippen LogP contribution is 2.09. The molecule has 1 fully saturated rings. The van der Waals surface area contributed by atoms with E-state index in [2.05, 4.69) is 6.92 Å². The van der Waals surface area contributed by atoms with Crippen LogP contribution in [0, 0.1) is 18.3 Å². The van der Waals surface area contributed by atoms with Gasteiger partial charge in [-0.2, -0.15) is 0 Å². The quantitative estimate of drug-likeness (QED) is 0.371. The third-order valence-electron chi connectivity index (χ3n) is 1.17. The number of nitrogens with one attached hydrogen (secondary N) is 1. The van der Waals surface area contributed by atoms with Crippen LogP contribution in [0.2, 0.25) is 0 Å². The fourth-order valence-electron chi connectivity index (χ4n) is 0.715. The molecule has 0 aromatic carbocycles. The highest BCUT2D eigenvalue weighted by atomic mass is 15.2. The van der Waals surface area contributed by atoms with E-state index >= 15 is 0 Å². The van der Waals surface area contributed by atoms with Gasteiger partial charge in [0.2, 0.25) is 0 Å². The molecule has 1 aliphatic rings. The maximum absolute atomic E-state index is 6.72. The minimum Gasteiger partial charge on any atom is -0.362 e. The second kappa shape index (κ2) is 1.52. The van der Waals surface area contributed by atoms with Crippen LogP contribution in [0.3, 0.4) is 0 Å². The predicted octanol–water partition coefficient (Wildman–Crippen LogP) is 0.359. The van der Waals surface area contributed by atoms with Gasteiger partial charge in [-0.05, 0) is 12.8 Å². The molecule has 0 aromatic rings. The molecule has 1 heterocycles. The Hall–Kier alpha value is -0.530. The molecule has 0 aliphatic carbocycles. The molecule has 0 saturated carbocycles. The summed E-state index contributed by atoms with van der Waals surface area (Å²) in [4.78, 5) is 1.93. The van der Waals surface area contributed by atoms with Crippen molar-refractivity contribution in [3.63, 3.8) is 0 Å². The molecule has 1 saturated heterocycles. The van der Waals surface area contributed by atoms with Crippen molar-refractivity contribution in [2.45, 2.75) is 0 Å². The van der Waals surface area contributed by atoms with Crippen LogP contribution in [0.25, 0.3) is 0 Å². The van der Waals surface area contributed by atoms with Crippen molar-refractivity contribution in [3.8, 4) is 0 Å². The summed E-state index contributed by atoms with van der Waals surface area (Å²) in [6.07, 6.45) is 1.36. The normalized spacial score (nSPS) is 21.6. The molecule has 1 N–H and O–H groups in total. The molecule has 1 aliphatic heterocycles. The van der Waals surface area contributed by atoms with Crippen LogP contribution in [-0.4, -0.2) is 24.3 Å². The summed E-state index contributed by atoms with van der Waals surface area (Å²) < 4.78 is 0. The number of rotatable bonds is 1. The standard InChI is InChI=1S/C5H9N2/c1-5-2-7(3-5)4-6/h4-6H,1-3H2. The number of hydrogen-bond acceptors (Lipinski definition) is 1. The van der Waals surface area contributed by atoms with E-state index in [0.29, 0.717) is 5.92 Å². The monoisotopic (exact) mass is 97.1 g/mol. The SMILES string of the molecule is [CH2]C1CN(C=N)C1. The van der Waals surface area contributed by atoms with Crippen LogP contribution in [0.4, 0.5) is 0 Å². The fraction of sp³-hybridized carbons (Fsp3) is 0.600. The molecule has 0 unspecified atom stereocenters. The van der Waals surface area contributed by atoms with Crippen LogP contribution < -0.4 is 0 Å². The lowest BCUT2D eigenvalue weighted by Crippen LogP contribution is -2.43. The van der Waals surface area contributed by atoms with Gasteiger partial charge in [0, 0.05) is 13.1 Å². The van der Waals surface area contributed by atoms with Gasteiger partial charge in [0.05, 0.1) is 6.34 Å².